The van der Waals surface area contributed by atoms with Crippen molar-refractivity contribution >= 4 is 27.1 Å². The number of carbonyl (C=O) groups is 1. The molecule has 2 aromatic heterocycles. The smallest absolute Gasteiger partial charge is 0.227 e. The molecule has 0 aliphatic carbocycles. The van der Waals surface area contributed by atoms with Crippen molar-refractivity contribution in [3.63, 3.8) is 0 Å². The first kappa shape index (κ1) is 17.1. The molecule has 1 fully saturated rings. The Bertz CT molecular complexity index is 815. The number of amides is 1. The molecule has 7 heteroatoms. The molecule has 2 aromatic rings. The second-order valence-electron chi connectivity index (χ2n) is 6.16. The molecule has 0 radical (unpaired) electrons. The zero-order valence-electron chi connectivity index (χ0n) is 13.5. The van der Waals surface area contributed by atoms with E-state index in [2.05, 4.69) is 4.98 Å². The third-order valence-corrected chi connectivity index (χ3v) is 6.91. The molecular weight excluding hydrogens is 344 g/mol. The van der Waals surface area contributed by atoms with Gasteiger partial charge in [-0.2, -0.15) is 0 Å². The number of sulfone groups is 1. The summed E-state index contributed by atoms with van der Waals surface area (Å²) in [6.07, 6.45) is 3.83. The lowest BCUT2D eigenvalue weighted by atomic mass is 10.1. The first-order valence-electron chi connectivity index (χ1n) is 7.86. The van der Waals surface area contributed by atoms with Crippen LogP contribution in [0.15, 0.2) is 36.7 Å². The van der Waals surface area contributed by atoms with E-state index in [1.165, 1.54) is 4.88 Å². The molecule has 0 N–H and O–H groups in total. The van der Waals surface area contributed by atoms with Gasteiger partial charge in [0.25, 0.3) is 0 Å². The fourth-order valence-electron chi connectivity index (χ4n) is 2.93. The summed E-state index contributed by atoms with van der Waals surface area (Å²) in [5.41, 5.74) is 0.993. The third-order valence-electron chi connectivity index (χ3n) is 4.16. The average molecular weight is 364 g/mol. The van der Waals surface area contributed by atoms with Gasteiger partial charge in [-0.1, -0.05) is 0 Å². The van der Waals surface area contributed by atoms with E-state index in [-0.39, 0.29) is 17.4 Å². The topological polar surface area (TPSA) is 67.3 Å². The minimum Gasteiger partial charge on any atom is -0.333 e. The molecule has 1 aliphatic rings. The lowest BCUT2D eigenvalue weighted by Crippen LogP contribution is -2.35. The number of pyridine rings is 1. The molecule has 0 bridgehead atoms. The molecule has 1 aliphatic heterocycles. The van der Waals surface area contributed by atoms with Gasteiger partial charge in [-0.15, -0.1) is 11.3 Å². The monoisotopic (exact) mass is 364 g/mol. The van der Waals surface area contributed by atoms with Crippen LogP contribution in [-0.4, -0.2) is 35.7 Å². The molecule has 1 atom stereocenters. The van der Waals surface area contributed by atoms with E-state index in [1.807, 2.05) is 31.2 Å². The van der Waals surface area contributed by atoms with Gasteiger partial charge in [-0.25, -0.2) is 8.42 Å². The summed E-state index contributed by atoms with van der Waals surface area (Å²) in [6, 6.07) is 7.82. The number of carbonyl (C=O) groups excluding carboxylic acids is 1. The van der Waals surface area contributed by atoms with Gasteiger partial charge in [0.15, 0.2) is 9.84 Å². The van der Waals surface area contributed by atoms with Crippen LogP contribution >= 0.6 is 11.3 Å². The Morgan fingerprint density at radius 3 is 2.58 bits per heavy atom. The number of rotatable bonds is 5. The van der Waals surface area contributed by atoms with Crippen LogP contribution in [0.3, 0.4) is 0 Å². The minimum atomic E-state index is -3.07. The second-order valence-corrected chi connectivity index (χ2v) is 9.76. The number of thiophene rings is 1. The number of nitrogens with zero attached hydrogens (tertiary/aromatic N) is 2. The molecule has 24 heavy (non-hydrogen) atoms. The first-order valence-corrected chi connectivity index (χ1v) is 10.5. The summed E-state index contributed by atoms with van der Waals surface area (Å²) in [5.74, 6) is -0.399. The maximum atomic E-state index is 12.9. The molecule has 1 amide bonds. The first-order chi connectivity index (χ1) is 11.4. The third kappa shape index (κ3) is 4.21. The van der Waals surface area contributed by atoms with Gasteiger partial charge in [0, 0.05) is 28.7 Å². The summed E-state index contributed by atoms with van der Waals surface area (Å²) in [7, 11) is -3.07. The van der Waals surface area contributed by atoms with E-state index < -0.39 is 15.8 Å². The SMILES string of the molecule is Cc1ccc(CN(Cc2ccncc2)C(=O)[C@H]2CCS(=O)(=O)C2)s1. The van der Waals surface area contributed by atoms with Gasteiger partial charge in [-0.05, 0) is 43.2 Å². The number of hydrogen-bond donors (Lipinski definition) is 0. The van der Waals surface area contributed by atoms with Crippen LogP contribution < -0.4 is 0 Å². The van der Waals surface area contributed by atoms with Crippen molar-refractivity contribution < 1.29 is 13.2 Å². The van der Waals surface area contributed by atoms with Crippen LogP contribution in [0.5, 0.6) is 0 Å². The van der Waals surface area contributed by atoms with Crippen molar-refractivity contribution in [3.8, 4) is 0 Å². The highest BCUT2D eigenvalue weighted by atomic mass is 32.2. The molecule has 0 saturated carbocycles. The van der Waals surface area contributed by atoms with E-state index in [9.17, 15) is 13.2 Å². The van der Waals surface area contributed by atoms with Crippen LogP contribution in [0.4, 0.5) is 0 Å². The molecular formula is C17H20N2O3S2. The van der Waals surface area contributed by atoms with Crippen molar-refractivity contribution in [2.45, 2.75) is 26.4 Å². The van der Waals surface area contributed by atoms with Crippen molar-refractivity contribution in [2.75, 3.05) is 11.5 Å². The molecule has 5 nitrogen and oxygen atoms in total. The Balaban J connectivity index is 1.79. The van der Waals surface area contributed by atoms with Crippen molar-refractivity contribution in [1.82, 2.24) is 9.88 Å². The van der Waals surface area contributed by atoms with Crippen LogP contribution in [-0.2, 0) is 27.7 Å². The zero-order chi connectivity index (χ0) is 17.2. The summed E-state index contributed by atoms with van der Waals surface area (Å²) in [5, 5.41) is 0. The summed E-state index contributed by atoms with van der Waals surface area (Å²) in [4.78, 5) is 21.0. The Morgan fingerprint density at radius 1 is 1.25 bits per heavy atom. The Morgan fingerprint density at radius 2 is 2.00 bits per heavy atom. The van der Waals surface area contributed by atoms with E-state index in [1.54, 1.807) is 28.6 Å². The van der Waals surface area contributed by atoms with Crippen molar-refractivity contribution in [2.24, 2.45) is 5.92 Å². The minimum absolute atomic E-state index is 0.0256. The van der Waals surface area contributed by atoms with Crippen molar-refractivity contribution in [1.29, 1.82) is 0 Å². The summed E-state index contributed by atoms with van der Waals surface area (Å²) >= 11 is 1.66. The highest BCUT2D eigenvalue weighted by Gasteiger charge is 2.35. The largest absolute Gasteiger partial charge is 0.333 e. The standard InChI is InChI=1S/C17H20N2O3S2/c1-13-2-3-16(23-13)11-19(10-14-4-7-18-8-5-14)17(20)15-6-9-24(21,22)12-15/h2-5,7-8,15H,6,9-12H2,1H3/t15-/m0/s1. The molecule has 3 heterocycles. The highest BCUT2D eigenvalue weighted by Crippen LogP contribution is 2.24. The lowest BCUT2D eigenvalue weighted by Gasteiger charge is -2.25. The van der Waals surface area contributed by atoms with Gasteiger partial charge in [-0.3, -0.25) is 9.78 Å². The van der Waals surface area contributed by atoms with Gasteiger partial charge in [0.2, 0.25) is 5.91 Å². The van der Waals surface area contributed by atoms with Gasteiger partial charge in [0.05, 0.1) is 24.0 Å². The van der Waals surface area contributed by atoms with Gasteiger partial charge in [0.1, 0.15) is 0 Å². The summed E-state index contributed by atoms with van der Waals surface area (Å²) in [6.45, 7) is 3.01. The maximum Gasteiger partial charge on any atom is 0.227 e. The second kappa shape index (κ2) is 7.03. The molecule has 0 aromatic carbocycles. The van der Waals surface area contributed by atoms with E-state index in [4.69, 9.17) is 0 Å². The van der Waals surface area contributed by atoms with Crippen LogP contribution in [0.25, 0.3) is 0 Å². The molecule has 1 saturated heterocycles. The Kier molecular flexibility index (Phi) is 5.01. The Labute approximate surface area is 146 Å². The number of aryl methyl sites for hydroxylation is 1. The predicted molar refractivity (Wildman–Crippen MR) is 94.3 cm³/mol. The van der Waals surface area contributed by atoms with E-state index in [0.29, 0.717) is 19.5 Å². The molecule has 3 rings (SSSR count). The lowest BCUT2D eigenvalue weighted by molar-refractivity contribution is -0.136. The van der Waals surface area contributed by atoms with Crippen molar-refractivity contribution in [3.05, 3.63) is 52.0 Å². The average Bonchev–Trinajstić information content (AvgIpc) is 3.12. The fraction of sp³-hybridized carbons (Fsp3) is 0.412. The van der Waals surface area contributed by atoms with E-state index in [0.717, 1.165) is 10.4 Å². The van der Waals surface area contributed by atoms with Gasteiger partial charge < -0.3 is 4.90 Å². The molecule has 0 spiro atoms. The molecule has 0 unspecified atom stereocenters. The zero-order valence-corrected chi connectivity index (χ0v) is 15.1. The fourth-order valence-corrected chi connectivity index (χ4v) is 5.57. The Hall–Kier alpha value is -1.73. The van der Waals surface area contributed by atoms with Crippen LogP contribution in [0.2, 0.25) is 0 Å². The normalized spacial score (nSPS) is 19.3. The number of aromatic nitrogens is 1. The van der Waals surface area contributed by atoms with Gasteiger partial charge >= 0.3 is 0 Å². The summed E-state index contributed by atoms with van der Waals surface area (Å²) < 4.78 is 23.4. The van der Waals surface area contributed by atoms with E-state index >= 15 is 0 Å². The maximum absolute atomic E-state index is 12.9. The number of hydrogen-bond acceptors (Lipinski definition) is 5. The highest BCUT2D eigenvalue weighted by molar-refractivity contribution is 7.91. The quantitative estimate of drug-likeness (QED) is 0.817. The van der Waals surface area contributed by atoms with Crippen LogP contribution in [0.1, 0.15) is 21.7 Å². The predicted octanol–water partition coefficient (Wildman–Crippen LogP) is 2.42. The van der Waals surface area contributed by atoms with Crippen LogP contribution in [0, 0.1) is 12.8 Å². The molecule has 128 valence electrons.